The van der Waals surface area contributed by atoms with Crippen LogP contribution in [0.15, 0.2) is 10.8 Å². The first-order chi connectivity index (χ1) is 10.1. The van der Waals surface area contributed by atoms with Gasteiger partial charge in [-0.1, -0.05) is 18.5 Å². The quantitative estimate of drug-likeness (QED) is 0.811. The van der Waals surface area contributed by atoms with E-state index in [2.05, 4.69) is 41.9 Å². The molecule has 0 fully saturated rings. The third-order valence-corrected chi connectivity index (χ3v) is 5.13. The van der Waals surface area contributed by atoms with Gasteiger partial charge in [0.25, 0.3) is 0 Å². The first-order valence-electron chi connectivity index (χ1n) is 7.56. The second-order valence-corrected chi connectivity index (χ2v) is 6.50. The maximum atomic E-state index is 6.46. The van der Waals surface area contributed by atoms with E-state index < -0.39 is 0 Å². The minimum atomic E-state index is 0.301. The van der Waals surface area contributed by atoms with Crippen molar-refractivity contribution in [2.45, 2.75) is 53.1 Å². The number of rotatable bonds is 7. The average molecular weight is 326 g/mol. The summed E-state index contributed by atoms with van der Waals surface area (Å²) in [7, 11) is 0. The fourth-order valence-electron chi connectivity index (χ4n) is 2.60. The van der Waals surface area contributed by atoms with E-state index in [1.807, 2.05) is 11.6 Å². The molecule has 2 aromatic heterocycles. The number of aryl methyl sites for hydroxylation is 3. The van der Waals surface area contributed by atoms with Gasteiger partial charge >= 0.3 is 0 Å². The molecule has 1 unspecified atom stereocenters. The van der Waals surface area contributed by atoms with E-state index in [-0.39, 0.29) is 0 Å². The van der Waals surface area contributed by atoms with Gasteiger partial charge in [0.2, 0.25) is 0 Å². The number of thiophene rings is 1. The van der Waals surface area contributed by atoms with Crippen LogP contribution in [0.3, 0.4) is 0 Å². The number of aromatic nitrogens is 2. The standard InChI is InChI=1S/C16H24ClN3S/c1-5-7-18-14(13-10-21-9-11(13)3)8-15-16(17)12(4)19-20(15)6-2/h9-10,14,18H,5-8H2,1-4H3. The summed E-state index contributed by atoms with van der Waals surface area (Å²) < 4.78 is 2.03. The van der Waals surface area contributed by atoms with Crippen LogP contribution >= 0.6 is 22.9 Å². The molecule has 0 amide bonds. The summed E-state index contributed by atoms with van der Waals surface area (Å²) in [5, 5.41) is 13.4. The van der Waals surface area contributed by atoms with Crippen molar-refractivity contribution >= 4 is 22.9 Å². The first kappa shape index (κ1) is 16.5. The van der Waals surface area contributed by atoms with Crippen LogP contribution in [-0.4, -0.2) is 16.3 Å². The van der Waals surface area contributed by atoms with Crippen LogP contribution in [0.25, 0.3) is 0 Å². The Morgan fingerprint density at radius 3 is 2.67 bits per heavy atom. The van der Waals surface area contributed by atoms with Crippen molar-refractivity contribution in [2.24, 2.45) is 0 Å². The van der Waals surface area contributed by atoms with E-state index in [4.69, 9.17) is 11.6 Å². The summed E-state index contributed by atoms with van der Waals surface area (Å²) in [5.74, 6) is 0. The molecule has 0 aliphatic carbocycles. The van der Waals surface area contributed by atoms with Gasteiger partial charge in [-0.2, -0.15) is 16.4 Å². The number of hydrogen-bond acceptors (Lipinski definition) is 3. The van der Waals surface area contributed by atoms with Crippen LogP contribution in [0, 0.1) is 13.8 Å². The third-order valence-electron chi connectivity index (χ3n) is 3.76. The van der Waals surface area contributed by atoms with Crippen LogP contribution in [0.2, 0.25) is 5.02 Å². The molecule has 0 aliphatic rings. The minimum Gasteiger partial charge on any atom is -0.310 e. The van der Waals surface area contributed by atoms with E-state index in [1.54, 1.807) is 11.3 Å². The molecule has 0 aliphatic heterocycles. The molecule has 2 aromatic rings. The van der Waals surface area contributed by atoms with Crippen molar-refractivity contribution in [3.63, 3.8) is 0 Å². The molecule has 0 saturated heterocycles. The second-order valence-electron chi connectivity index (χ2n) is 5.38. The van der Waals surface area contributed by atoms with Crippen LogP contribution in [-0.2, 0) is 13.0 Å². The molecule has 0 spiro atoms. The largest absolute Gasteiger partial charge is 0.310 e. The van der Waals surface area contributed by atoms with Crippen LogP contribution in [0.4, 0.5) is 0 Å². The highest BCUT2D eigenvalue weighted by atomic mass is 35.5. The fraction of sp³-hybridized carbons (Fsp3) is 0.562. The zero-order valence-corrected chi connectivity index (χ0v) is 14.8. The van der Waals surface area contributed by atoms with Crippen molar-refractivity contribution in [1.29, 1.82) is 0 Å². The highest BCUT2D eigenvalue weighted by Crippen LogP contribution is 2.29. The van der Waals surface area contributed by atoms with Gasteiger partial charge in [0.15, 0.2) is 0 Å². The SMILES string of the molecule is CCCNC(Cc1c(Cl)c(C)nn1CC)c1cscc1C. The van der Waals surface area contributed by atoms with Crippen molar-refractivity contribution in [1.82, 2.24) is 15.1 Å². The predicted octanol–water partition coefficient (Wildman–Crippen LogP) is 4.52. The molecule has 5 heteroatoms. The topological polar surface area (TPSA) is 29.9 Å². The van der Waals surface area contributed by atoms with Crippen molar-refractivity contribution < 1.29 is 0 Å². The maximum Gasteiger partial charge on any atom is 0.0847 e. The van der Waals surface area contributed by atoms with Gasteiger partial charge in [-0.3, -0.25) is 4.68 Å². The van der Waals surface area contributed by atoms with Crippen LogP contribution in [0.5, 0.6) is 0 Å². The third kappa shape index (κ3) is 3.68. The molecule has 1 N–H and O–H groups in total. The Balaban J connectivity index is 2.29. The lowest BCUT2D eigenvalue weighted by molar-refractivity contribution is 0.502. The normalized spacial score (nSPS) is 12.8. The van der Waals surface area contributed by atoms with E-state index in [1.165, 1.54) is 11.1 Å². The summed E-state index contributed by atoms with van der Waals surface area (Å²) in [4.78, 5) is 0. The number of hydrogen-bond donors (Lipinski definition) is 1. The number of halogens is 1. The van der Waals surface area contributed by atoms with Gasteiger partial charge in [-0.05, 0) is 55.6 Å². The lowest BCUT2D eigenvalue weighted by atomic mass is 10.0. The monoisotopic (exact) mass is 325 g/mol. The number of nitrogens with one attached hydrogen (secondary N) is 1. The summed E-state index contributed by atoms with van der Waals surface area (Å²) in [6, 6.07) is 0.301. The average Bonchev–Trinajstić information content (AvgIpc) is 3.01. The molecule has 0 aromatic carbocycles. The second kappa shape index (κ2) is 7.43. The molecule has 0 radical (unpaired) electrons. The Labute approximate surface area is 136 Å². The van der Waals surface area contributed by atoms with Crippen LogP contribution in [0.1, 0.15) is 48.8 Å². The van der Waals surface area contributed by atoms with Crippen molar-refractivity contribution in [2.75, 3.05) is 6.54 Å². The van der Waals surface area contributed by atoms with Crippen molar-refractivity contribution in [3.8, 4) is 0 Å². The lowest BCUT2D eigenvalue weighted by Crippen LogP contribution is -2.25. The summed E-state index contributed by atoms with van der Waals surface area (Å²) >= 11 is 8.23. The molecule has 116 valence electrons. The molecule has 21 heavy (non-hydrogen) atoms. The molecular formula is C16H24ClN3S. The lowest BCUT2D eigenvalue weighted by Gasteiger charge is -2.19. The summed E-state index contributed by atoms with van der Waals surface area (Å²) in [5.41, 5.74) is 4.79. The fourth-order valence-corrected chi connectivity index (χ4v) is 3.71. The predicted molar refractivity (Wildman–Crippen MR) is 91.4 cm³/mol. The Morgan fingerprint density at radius 1 is 1.33 bits per heavy atom. The molecule has 0 bridgehead atoms. The molecule has 2 rings (SSSR count). The van der Waals surface area contributed by atoms with Gasteiger partial charge in [-0.15, -0.1) is 0 Å². The Morgan fingerprint density at radius 2 is 2.10 bits per heavy atom. The van der Waals surface area contributed by atoms with E-state index in [0.29, 0.717) is 6.04 Å². The van der Waals surface area contributed by atoms with Gasteiger partial charge in [0, 0.05) is 19.0 Å². The number of nitrogens with zero attached hydrogens (tertiary/aromatic N) is 2. The molecule has 2 heterocycles. The van der Waals surface area contributed by atoms with Gasteiger partial charge in [-0.25, -0.2) is 0 Å². The summed E-state index contributed by atoms with van der Waals surface area (Å²) in [6.07, 6.45) is 2.00. The Bertz CT molecular complexity index is 588. The van der Waals surface area contributed by atoms with Gasteiger partial charge in [0.05, 0.1) is 16.4 Å². The highest BCUT2D eigenvalue weighted by molar-refractivity contribution is 7.08. The Kier molecular flexibility index (Phi) is 5.85. The first-order valence-corrected chi connectivity index (χ1v) is 8.88. The summed E-state index contributed by atoms with van der Waals surface area (Å²) in [6.45, 7) is 10.3. The zero-order chi connectivity index (χ0) is 15.4. The molecule has 0 saturated carbocycles. The van der Waals surface area contributed by atoms with Crippen molar-refractivity contribution in [3.05, 3.63) is 38.3 Å². The highest BCUT2D eigenvalue weighted by Gasteiger charge is 2.20. The smallest absolute Gasteiger partial charge is 0.0847 e. The maximum absolute atomic E-state index is 6.46. The zero-order valence-electron chi connectivity index (χ0n) is 13.2. The van der Waals surface area contributed by atoms with Gasteiger partial charge < -0.3 is 5.32 Å². The Hall–Kier alpha value is -0.840. The molecule has 3 nitrogen and oxygen atoms in total. The van der Waals surface area contributed by atoms with E-state index >= 15 is 0 Å². The van der Waals surface area contributed by atoms with E-state index in [9.17, 15) is 0 Å². The molecular weight excluding hydrogens is 302 g/mol. The van der Waals surface area contributed by atoms with E-state index in [0.717, 1.165) is 42.3 Å². The van der Waals surface area contributed by atoms with Gasteiger partial charge in [0.1, 0.15) is 0 Å². The van der Waals surface area contributed by atoms with Crippen LogP contribution < -0.4 is 5.32 Å². The molecule has 1 atom stereocenters. The minimum absolute atomic E-state index is 0.301.